The van der Waals surface area contributed by atoms with E-state index in [4.69, 9.17) is 10.00 Å². The molecule has 1 aliphatic rings. The minimum atomic E-state index is -0.143. The molecule has 4 nitrogen and oxygen atoms in total. The van der Waals surface area contributed by atoms with Crippen molar-refractivity contribution in [2.45, 2.75) is 50.8 Å². The van der Waals surface area contributed by atoms with Crippen LogP contribution in [0, 0.1) is 11.3 Å². The second-order valence-corrected chi connectivity index (χ2v) is 5.69. The number of benzene rings is 1. The van der Waals surface area contributed by atoms with Crippen molar-refractivity contribution in [3.63, 3.8) is 0 Å². The summed E-state index contributed by atoms with van der Waals surface area (Å²) in [6.45, 7) is 1.62. The predicted octanol–water partition coefficient (Wildman–Crippen LogP) is 2.71. The molecule has 1 aliphatic carbocycles. The topological polar surface area (TPSA) is 56.5 Å². The van der Waals surface area contributed by atoms with Gasteiger partial charge < -0.3 is 9.84 Å². The van der Waals surface area contributed by atoms with Crippen LogP contribution >= 0.6 is 0 Å². The van der Waals surface area contributed by atoms with E-state index in [1.165, 1.54) is 5.56 Å². The zero-order chi connectivity index (χ0) is 15.1. The summed E-state index contributed by atoms with van der Waals surface area (Å²) in [5.74, 6) is 0.867. The molecule has 21 heavy (non-hydrogen) atoms. The highest BCUT2D eigenvalue weighted by Crippen LogP contribution is 2.25. The largest absolute Gasteiger partial charge is 0.497 e. The monoisotopic (exact) mass is 288 g/mol. The van der Waals surface area contributed by atoms with Crippen LogP contribution in [0.15, 0.2) is 24.3 Å². The fourth-order valence-corrected chi connectivity index (χ4v) is 3.01. The van der Waals surface area contributed by atoms with Crippen LogP contribution in [0.5, 0.6) is 5.75 Å². The summed E-state index contributed by atoms with van der Waals surface area (Å²) in [6.07, 6.45) is 4.16. The van der Waals surface area contributed by atoms with Crippen molar-refractivity contribution >= 4 is 0 Å². The third-order valence-corrected chi connectivity index (χ3v) is 4.21. The molecule has 1 aromatic carbocycles. The quantitative estimate of drug-likeness (QED) is 0.874. The Bertz CT molecular complexity index is 476. The van der Waals surface area contributed by atoms with Gasteiger partial charge in [0, 0.05) is 25.6 Å². The smallest absolute Gasteiger partial charge is 0.119 e. The van der Waals surface area contributed by atoms with Crippen LogP contribution in [0.2, 0.25) is 0 Å². The Kier molecular flexibility index (Phi) is 6.04. The Morgan fingerprint density at radius 3 is 2.76 bits per heavy atom. The van der Waals surface area contributed by atoms with Crippen LogP contribution in [0.25, 0.3) is 0 Å². The number of hydrogen-bond acceptors (Lipinski definition) is 4. The maximum Gasteiger partial charge on any atom is 0.119 e. The van der Waals surface area contributed by atoms with Gasteiger partial charge in [0.1, 0.15) is 5.75 Å². The molecule has 1 fully saturated rings. The third-order valence-electron chi connectivity index (χ3n) is 4.21. The Balaban J connectivity index is 2.03. The highest BCUT2D eigenvalue weighted by Gasteiger charge is 2.24. The number of rotatable bonds is 6. The van der Waals surface area contributed by atoms with Crippen molar-refractivity contribution in [3.05, 3.63) is 29.8 Å². The van der Waals surface area contributed by atoms with E-state index in [9.17, 15) is 5.11 Å². The predicted molar refractivity (Wildman–Crippen MR) is 81.9 cm³/mol. The number of aliphatic hydroxyl groups is 1. The van der Waals surface area contributed by atoms with Gasteiger partial charge in [-0.25, -0.2) is 0 Å². The van der Waals surface area contributed by atoms with E-state index in [-0.39, 0.29) is 6.10 Å². The Hall–Kier alpha value is -1.57. The Morgan fingerprint density at radius 1 is 1.33 bits per heavy atom. The number of nitriles is 1. The van der Waals surface area contributed by atoms with Crippen molar-refractivity contribution in [1.29, 1.82) is 5.26 Å². The van der Waals surface area contributed by atoms with E-state index in [1.807, 2.05) is 12.1 Å². The van der Waals surface area contributed by atoms with Gasteiger partial charge in [0.2, 0.25) is 0 Å². The van der Waals surface area contributed by atoms with Gasteiger partial charge in [0.25, 0.3) is 0 Å². The van der Waals surface area contributed by atoms with Crippen molar-refractivity contribution in [1.82, 2.24) is 4.90 Å². The van der Waals surface area contributed by atoms with Gasteiger partial charge in [-0.1, -0.05) is 12.1 Å². The fourth-order valence-electron chi connectivity index (χ4n) is 3.01. The lowest BCUT2D eigenvalue weighted by molar-refractivity contribution is 0.0712. The van der Waals surface area contributed by atoms with Gasteiger partial charge >= 0.3 is 0 Å². The van der Waals surface area contributed by atoms with Crippen molar-refractivity contribution in [3.8, 4) is 11.8 Å². The minimum absolute atomic E-state index is 0.143. The van der Waals surface area contributed by atoms with E-state index in [0.29, 0.717) is 12.5 Å². The number of ether oxygens (including phenoxy) is 1. The maximum absolute atomic E-state index is 9.66. The van der Waals surface area contributed by atoms with E-state index in [0.717, 1.165) is 44.5 Å². The molecule has 0 unspecified atom stereocenters. The first-order valence-corrected chi connectivity index (χ1v) is 7.65. The molecule has 1 N–H and O–H groups in total. The molecule has 0 atom stereocenters. The van der Waals surface area contributed by atoms with Gasteiger partial charge in [0.15, 0.2) is 0 Å². The van der Waals surface area contributed by atoms with Gasteiger partial charge in [-0.3, -0.25) is 4.90 Å². The van der Waals surface area contributed by atoms with Gasteiger partial charge in [-0.05, 0) is 43.4 Å². The molecular formula is C17H24N2O2. The molecule has 1 aromatic rings. The molecule has 1 saturated carbocycles. The van der Waals surface area contributed by atoms with Gasteiger partial charge in [-0.2, -0.15) is 5.26 Å². The molecule has 2 rings (SSSR count). The summed E-state index contributed by atoms with van der Waals surface area (Å²) in [7, 11) is 1.68. The number of methoxy groups -OCH3 is 1. The molecule has 0 saturated heterocycles. The van der Waals surface area contributed by atoms with E-state index in [1.54, 1.807) is 7.11 Å². The Labute approximate surface area is 127 Å². The molecule has 0 heterocycles. The number of aliphatic hydroxyl groups excluding tert-OH is 1. The van der Waals surface area contributed by atoms with Crippen LogP contribution in [-0.4, -0.2) is 35.8 Å². The van der Waals surface area contributed by atoms with Crippen molar-refractivity contribution < 1.29 is 9.84 Å². The van der Waals surface area contributed by atoms with Crippen LogP contribution in [0.1, 0.15) is 37.7 Å². The average Bonchev–Trinajstić information content (AvgIpc) is 2.52. The van der Waals surface area contributed by atoms with E-state index in [2.05, 4.69) is 23.1 Å². The number of nitrogens with zero attached hydrogens (tertiary/aromatic N) is 2. The van der Waals surface area contributed by atoms with E-state index < -0.39 is 0 Å². The second-order valence-electron chi connectivity index (χ2n) is 5.69. The number of hydrogen-bond donors (Lipinski definition) is 1. The first kappa shape index (κ1) is 15.8. The molecule has 0 amide bonds. The summed E-state index contributed by atoms with van der Waals surface area (Å²) >= 11 is 0. The molecule has 0 radical (unpaired) electrons. The van der Waals surface area contributed by atoms with Crippen molar-refractivity contribution in [2.24, 2.45) is 0 Å². The summed E-state index contributed by atoms with van der Waals surface area (Å²) in [6, 6.07) is 10.8. The summed E-state index contributed by atoms with van der Waals surface area (Å²) in [5.41, 5.74) is 1.21. The summed E-state index contributed by atoms with van der Waals surface area (Å²) < 4.78 is 5.27. The Morgan fingerprint density at radius 2 is 2.10 bits per heavy atom. The highest BCUT2D eigenvalue weighted by atomic mass is 16.5. The first-order chi connectivity index (χ1) is 10.2. The minimum Gasteiger partial charge on any atom is -0.497 e. The lowest BCUT2D eigenvalue weighted by Crippen LogP contribution is -2.39. The standard InChI is InChI=1S/C17H24N2O2/c1-21-17-5-2-4-14(12-17)13-19(11-3-10-18)15-6-8-16(20)9-7-15/h2,4-5,12,15-16,20H,3,6-9,11,13H2,1H3. The SMILES string of the molecule is COc1cccc(CN(CCC#N)C2CCC(O)CC2)c1. The molecule has 4 heteroatoms. The summed E-state index contributed by atoms with van der Waals surface area (Å²) in [4.78, 5) is 2.38. The van der Waals surface area contributed by atoms with Crippen LogP contribution in [0.4, 0.5) is 0 Å². The lowest BCUT2D eigenvalue weighted by Gasteiger charge is -2.35. The highest BCUT2D eigenvalue weighted by molar-refractivity contribution is 5.28. The van der Waals surface area contributed by atoms with Gasteiger partial charge in [0.05, 0.1) is 19.3 Å². The molecule has 0 aromatic heterocycles. The molecule has 0 spiro atoms. The first-order valence-electron chi connectivity index (χ1n) is 7.65. The van der Waals surface area contributed by atoms with Gasteiger partial charge in [-0.15, -0.1) is 0 Å². The third kappa shape index (κ3) is 4.73. The average molecular weight is 288 g/mol. The molecular weight excluding hydrogens is 264 g/mol. The fraction of sp³-hybridized carbons (Fsp3) is 0.588. The zero-order valence-electron chi connectivity index (χ0n) is 12.7. The van der Waals surface area contributed by atoms with Crippen LogP contribution < -0.4 is 4.74 Å². The van der Waals surface area contributed by atoms with E-state index >= 15 is 0 Å². The summed E-state index contributed by atoms with van der Waals surface area (Å²) in [5, 5.41) is 18.5. The molecule has 114 valence electrons. The second kappa shape index (κ2) is 8.02. The van der Waals surface area contributed by atoms with Crippen LogP contribution in [0.3, 0.4) is 0 Å². The normalized spacial score (nSPS) is 22.0. The maximum atomic E-state index is 9.66. The molecule has 0 bridgehead atoms. The van der Waals surface area contributed by atoms with Crippen molar-refractivity contribution in [2.75, 3.05) is 13.7 Å². The lowest BCUT2D eigenvalue weighted by atomic mass is 9.91. The molecule has 0 aliphatic heterocycles. The zero-order valence-corrected chi connectivity index (χ0v) is 12.7. The van der Waals surface area contributed by atoms with Crippen LogP contribution in [-0.2, 0) is 6.54 Å².